The maximum absolute atomic E-state index is 12.2. The second kappa shape index (κ2) is 4.28. The number of thiazole rings is 1. The number of nitrogens with zero attached hydrogens (tertiary/aromatic N) is 1. The van der Waals surface area contributed by atoms with Crippen LogP contribution in [-0.4, -0.2) is 10.4 Å². The predicted molar refractivity (Wildman–Crippen MR) is 79.7 cm³/mol. The minimum atomic E-state index is -0.147. The van der Waals surface area contributed by atoms with Crippen molar-refractivity contribution in [2.75, 3.05) is 0 Å². The van der Waals surface area contributed by atoms with Gasteiger partial charge in [0.05, 0.1) is 4.66 Å². The molecule has 19 heavy (non-hydrogen) atoms. The van der Waals surface area contributed by atoms with Gasteiger partial charge < -0.3 is 4.57 Å². The molecule has 1 aliphatic rings. The van der Waals surface area contributed by atoms with Crippen molar-refractivity contribution in [1.29, 1.82) is 0 Å². The summed E-state index contributed by atoms with van der Waals surface area (Å²) in [6.45, 7) is 3.82. The van der Waals surface area contributed by atoms with Crippen molar-refractivity contribution in [2.24, 2.45) is 7.05 Å². The molecule has 96 valence electrons. The molecule has 0 aliphatic heterocycles. The summed E-state index contributed by atoms with van der Waals surface area (Å²) >= 11 is 4.68. The average Bonchev–Trinajstić information content (AvgIpc) is 2.80. The molecule has 0 spiro atoms. The van der Waals surface area contributed by atoms with Gasteiger partial charge in [-0.1, -0.05) is 28.6 Å². The summed E-state index contributed by atoms with van der Waals surface area (Å²) in [5.74, 6) is 0.00653. The first-order valence-electron chi connectivity index (χ1n) is 5.70. The lowest BCUT2D eigenvalue weighted by molar-refractivity contribution is -0.112. The monoisotopic (exact) mass is 335 g/mol. The van der Waals surface area contributed by atoms with Gasteiger partial charge in [-0.15, -0.1) is 11.3 Å². The van der Waals surface area contributed by atoms with E-state index < -0.39 is 0 Å². The molecule has 0 saturated heterocycles. The molecule has 0 atom stereocenters. The first kappa shape index (κ1) is 12.6. The Morgan fingerprint density at radius 2 is 2.11 bits per heavy atom. The van der Waals surface area contributed by atoms with Crippen LogP contribution in [0.1, 0.15) is 11.1 Å². The summed E-state index contributed by atoms with van der Waals surface area (Å²) in [5, 5.41) is 0. The highest BCUT2D eigenvalue weighted by Gasteiger charge is 2.26. The topological polar surface area (TPSA) is 39.1 Å². The Morgan fingerprint density at radius 1 is 1.37 bits per heavy atom. The molecule has 1 aromatic carbocycles. The smallest absolute Gasteiger partial charge is 0.269 e. The van der Waals surface area contributed by atoms with Crippen molar-refractivity contribution in [3.05, 3.63) is 53.3 Å². The van der Waals surface area contributed by atoms with Gasteiger partial charge in [0.1, 0.15) is 4.53 Å². The van der Waals surface area contributed by atoms with Gasteiger partial charge in [0.25, 0.3) is 5.56 Å². The summed E-state index contributed by atoms with van der Waals surface area (Å²) in [7, 11) is 1.67. The van der Waals surface area contributed by atoms with E-state index in [1.165, 1.54) is 15.9 Å². The first-order chi connectivity index (χ1) is 8.99. The molecule has 0 saturated carbocycles. The van der Waals surface area contributed by atoms with E-state index in [0.717, 1.165) is 15.6 Å². The Morgan fingerprint density at radius 3 is 2.74 bits per heavy atom. The van der Waals surface area contributed by atoms with Crippen LogP contribution in [0.25, 0.3) is 12.2 Å². The van der Waals surface area contributed by atoms with E-state index in [2.05, 4.69) is 22.5 Å². The van der Waals surface area contributed by atoms with Crippen LogP contribution in [0.5, 0.6) is 0 Å². The van der Waals surface area contributed by atoms with Crippen LogP contribution in [0.4, 0.5) is 0 Å². The van der Waals surface area contributed by atoms with E-state index in [0.29, 0.717) is 21.2 Å². The van der Waals surface area contributed by atoms with Gasteiger partial charge in [0.15, 0.2) is 5.78 Å². The molecule has 0 amide bonds. The van der Waals surface area contributed by atoms with Gasteiger partial charge in [0, 0.05) is 23.5 Å². The normalized spacial score (nSPS) is 16.8. The largest absolute Gasteiger partial charge is 0.303 e. The van der Waals surface area contributed by atoms with Crippen LogP contribution < -0.4 is 14.8 Å². The molecule has 0 bridgehead atoms. The SMILES string of the molecule is C=c1s/c(=C2\C(=O)Cc3ccc(Br)cc32)c(=O)n1C. The van der Waals surface area contributed by atoms with E-state index in [1.54, 1.807) is 7.05 Å². The van der Waals surface area contributed by atoms with Crippen LogP contribution in [-0.2, 0) is 18.3 Å². The highest BCUT2D eigenvalue weighted by atomic mass is 79.9. The van der Waals surface area contributed by atoms with Crippen molar-refractivity contribution < 1.29 is 4.79 Å². The van der Waals surface area contributed by atoms with Crippen LogP contribution in [0.2, 0.25) is 0 Å². The third-order valence-electron chi connectivity index (χ3n) is 3.29. The van der Waals surface area contributed by atoms with E-state index in [4.69, 9.17) is 0 Å². The minimum Gasteiger partial charge on any atom is -0.303 e. The molecular formula is C14H10BrNO2S. The number of carbonyl (C=O) groups excluding carboxylic acids is 1. The molecule has 3 nitrogen and oxygen atoms in total. The Hall–Kier alpha value is -1.46. The number of rotatable bonds is 0. The van der Waals surface area contributed by atoms with E-state index in [-0.39, 0.29) is 11.3 Å². The summed E-state index contributed by atoms with van der Waals surface area (Å²) in [6.07, 6.45) is 0.367. The van der Waals surface area contributed by atoms with Crippen molar-refractivity contribution in [2.45, 2.75) is 6.42 Å². The van der Waals surface area contributed by atoms with Crippen molar-refractivity contribution in [3.63, 3.8) is 0 Å². The third kappa shape index (κ3) is 1.84. The van der Waals surface area contributed by atoms with Crippen LogP contribution in [0, 0.1) is 0 Å². The predicted octanol–water partition coefficient (Wildman–Crippen LogP) is 0.944. The fourth-order valence-electron chi connectivity index (χ4n) is 2.25. The van der Waals surface area contributed by atoms with Gasteiger partial charge in [-0.05, 0) is 23.3 Å². The van der Waals surface area contributed by atoms with Gasteiger partial charge in [-0.3, -0.25) is 9.59 Å². The molecular weight excluding hydrogens is 326 g/mol. The Balaban J connectivity index is 2.48. The lowest BCUT2D eigenvalue weighted by Gasteiger charge is -1.99. The molecule has 1 aliphatic carbocycles. The van der Waals surface area contributed by atoms with Crippen LogP contribution >= 0.6 is 27.3 Å². The molecule has 0 fully saturated rings. The second-order valence-corrected chi connectivity index (χ2v) is 6.46. The molecule has 0 unspecified atom stereocenters. The van der Waals surface area contributed by atoms with Crippen LogP contribution in [0.3, 0.4) is 0 Å². The van der Waals surface area contributed by atoms with E-state index in [9.17, 15) is 9.59 Å². The van der Waals surface area contributed by atoms with Crippen molar-refractivity contribution >= 4 is 45.2 Å². The van der Waals surface area contributed by atoms with Gasteiger partial charge in [-0.25, -0.2) is 0 Å². The molecule has 1 heterocycles. The summed E-state index contributed by atoms with van der Waals surface area (Å²) < 4.78 is 3.54. The van der Waals surface area contributed by atoms with E-state index >= 15 is 0 Å². The number of benzene rings is 1. The van der Waals surface area contributed by atoms with Gasteiger partial charge in [0.2, 0.25) is 0 Å². The number of halogens is 1. The zero-order chi connectivity index (χ0) is 13.7. The number of carbonyl (C=O) groups is 1. The number of hydrogen-bond acceptors (Lipinski definition) is 3. The summed E-state index contributed by atoms with van der Waals surface area (Å²) in [6, 6.07) is 5.74. The fraction of sp³-hybridized carbons (Fsp3) is 0.143. The average molecular weight is 336 g/mol. The zero-order valence-electron chi connectivity index (χ0n) is 10.2. The number of ketones is 1. The minimum absolute atomic E-state index is 0.00653. The first-order valence-corrected chi connectivity index (χ1v) is 7.31. The fourth-order valence-corrected chi connectivity index (χ4v) is 3.62. The second-order valence-electron chi connectivity index (χ2n) is 4.47. The summed E-state index contributed by atoms with van der Waals surface area (Å²) in [5.41, 5.74) is 2.23. The number of hydrogen-bond donors (Lipinski definition) is 0. The quantitative estimate of drug-likeness (QED) is 0.718. The van der Waals surface area contributed by atoms with Crippen molar-refractivity contribution in [1.82, 2.24) is 4.57 Å². The maximum atomic E-state index is 12.2. The summed E-state index contributed by atoms with van der Waals surface area (Å²) in [4.78, 5) is 24.4. The number of aromatic nitrogens is 1. The van der Waals surface area contributed by atoms with Gasteiger partial charge >= 0.3 is 0 Å². The molecule has 5 heteroatoms. The molecule has 0 N–H and O–H groups in total. The third-order valence-corrected chi connectivity index (χ3v) is 4.88. The van der Waals surface area contributed by atoms with Crippen LogP contribution in [0.15, 0.2) is 27.5 Å². The maximum Gasteiger partial charge on any atom is 0.269 e. The number of fused-ring (bicyclic) bond motifs is 1. The molecule has 3 rings (SSSR count). The lowest BCUT2D eigenvalue weighted by atomic mass is 10.1. The standard InChI is InChI=1S/C14H10BrNO2S/c1-7-16(2)14(18)13(19-7)12-10-6-9(15)4-3-8(10)5-11(12)17/h3-4,6H,1,5H2,2H3/b13-12-. The Labute approximate surface area is 121 Å². The molecule has 1 aromatic heterocycles. The van der Waals surface area contributed by atoms with Crippen molar-refractivity contribution in [3.8, 4) is 0 Å². The Kier molecular flexibility index (Phi) is 2.83. The molecule has 0 radical (unpaired) electrons. The van der Waals surface area contributed by atoms with Gasteiger partial charge in [-0.2, -0.15) is 0 Å². The highest BCUT2D eigenvalue weighted by molar-refractivity contribution is 9.10. The van der Waals surface area contributed by atoms with E-state index in [1.807, 2.05) is 18.2 Å². The molecule has 2 aromatic rings. The number of Topliss-reactive ketones (excluding diaryl/α,β-unsaturated/α-hetero) is 1. The lowest BCUT2D eigenvalue weighted by Crippen LogP contribution is -2.30. The highest BCUT2D eigenvalue weighted by Crippen LogP contribution is 2.29. The Bertz CT molecular complexity index is 876. The zero-order valence-corrected chi connectivity index (χ0v) is 12.6.